The SMILES string of the molecule is NCc1cc(Cl)cc(S(=O)(=O)NCc2ccoc2)c1Cl. The molecule has 8 heteroatoms. The zero-order valence-electron chi connectivity index (χ0n) is 10.3. The summed E-state index contributed by atoms with van der Waals surface area (Å²) in [5, 5.41) is 0.343. The van der Waals surface area contributed by atoms with E-state index in [-0.39, 0.29) is 28.0 Å². The van der Waals surface area contributed by atoms with Crippen molar-refractivity contribution in [2.75, 3.05) is 0 Å². The molecule has 1 aromatic heterocycles. The smallest absolute Gasteiger partial charge is 0.242 e. The largest absolute Gasteiger partial charge is 0.472 e. The van der Waals surface area contributed by atoms with Crippen LogP contribution in [0.1, 0.15) is 11.1 Å². The molecule has 0 atom stereocenters. The molecule has 0 fully saturated rings. The van der Waals surface area contributed by atoms with Crippen LogP contribution in [-0.2, 0) is 23.1 Å². The lowest BCUT2D eigenvalue weighted by Crippen LogP contribution is -2.23. The molecule has 5 nitrogen and oxygen atoms in total. The summed E-state index contributed by atoms with van der Waals surface area (Å²) in [6, 6.07) is 4.49. The average molecular weight is 335 g/mol. The molecule has 2 rings (SSSR count). The zero-order valence-corrected chi connectivity index (χ0v) is 12.6. The van der Waals surface area contributed by atoms with Crippen LogP contribution in [0.5, 0.6) is 0 Å². The van der Waals surface area contributed by atoms with Crippen LogP contribution in [0, 0.1) is 0 Å². The summed E-state index contributed by atoms with van der Waals surface area (Å²) in [5.41, 5.74) is 6.69. The molecule has 108 valence electrons. The molecule has 0 spiro atoms. The normalized spacial score (nSPS) is 11.8. The van der Waals surface area contributed by atoms with Gasteiger partial charge in [0.25, 0.3) is 0 Å². The summed E-state index contributed by atoms with van der Waals surface area (Å²) in [7, 11) is -3.79. The fourth-order valence-electron chi connectivity index (χ4n) is 1.61. The van der Waals surface area contributed by atoms with E-state index < -0.39 is 10.0 Å². The first kappa shape index (κ1) is 15.3. The third-order valence-electron chi connectivity index (χ3n) is 2.64. The van der Waals surface area contributed by atoms with Gasteiger partial charge in [-0.15, -0.1) is 0 Å². The summed E-state index contributed by atoms with van der Waals surface area (Å²) in [6.07, 6.45) is 2.91. The van der Waals surface area contributed by atoms with Gasteiger partial charge in [-0.2, -0.15) is 0 Å². The molecule has 0 unspecified atom stereocenters. The van der Waals surface area contributed by atoms with Gasteiger partial charge in [0.2, 0.25) is 10.0 Å². The summed E-state index contributed by atoms with van der Waals surface area (Å²) in [4.78, 5) is -0.0874. The van der Waals surface area contributed by atoms with Crippen LogP contribution in [0.4, 0.5) is 0 Å². The maximum absolute atomic E-state index is 12.2. The Balaban J connectivity index is 2.31. The van der Waals surface area contributed by atoms with Gasteiger partial charge in [0.1, 0.15) is 4.90 Å². The Bertz CT molecular complexity index is 700. The molecule has 0 aliphatic carbocycles. The van der Waals surface area contributed by atoms with Crippen molar-refractivity contribution in [3.05, 3.63) is 51.9 Å². The van der Waals surface area contributed by atoms with Crippen LogP contribution < -0.4 is 10.5 Å². The average Bonchev–Trinajstić information content (AvgIpc) is 2.92. The molecule has 1 heterocycles. The van der Waals surface area contributed by atoms with E-state index in [1.165, 1.54) is 18.6 Å². The number of halogens is 2. The number of rotatable bonds is 5. The Morgan fingerprint density at radius 1 is 1.30 bits per heavy atom. The Kier molecular flexibility index (Phi) is 4.72. The van der Waals surface area contributed by atoms with E-state index >= 15 is 0 Å². The highest BCUT2D eigenvalue weighted by atomic mass is 35.5. The first-order valence-corrected chi connectivity index (χ1v) is 7.86. The van der Waals surface area contributed by atoms with Gasteiger partial charge >= 0.3 is 0 Å². The van der Waals surface area contributed by atoms with Gasteiger partial charge in [-0.05, 0) is 23.8 Å². The lowest BCUT2D eigenvalue weighted by molar-refractivity contribution is 0.561. The number of nitrogens with one attached hydrogen (secondary N) is 1. The van der Waals surface area contributed by atoms with E-state index in [0.717, 1.165) is 0 Å². The van der Waals surface area contributed by atoms with Crippen molar-refractivity contribution in [2.45, 2.75) is 18.0 Å². The van der Waals surface area contributed by atoms with E-state index in [0.29, 0.717) is 11.1 Å². The second-order valence-corrected chi connectivity index (χ2v) is 6.59. The molecule has 0 amide bonds. The molecule has 0 bridgehead atoms. The van der Waals surface area contributed by atoms with Crippen molar-refractivity contribution in [3.63, 3.8) is 0 Å². The Morgan fingerprint density at radius 2 is 2.05 bits per heavy atom. The summed E-state index contributed by atoms with van der Waals surface area (Å²) < 4.78 is 31.8. The number of hydrogen-bond acceptors (Lipinski definition) is 4. The maximum atomic E-state index is 12.2. The van der Waals surface area contributed by atoms with Crippen molar-refractivity contribution in [3.8, 4) is 0 Å². The first-order chi connectivity index (χ1) is 9.44. The van der Waals surface area contributed by atoms with Crippen molar-refractivity contribution >= 4 is 33.2 Å². The van der Waals surface area contributed by atoms with Crippen LogP contribution in [0.25, 0.3) is 0 Å². The van der Waals surface area contributed by atoms with Gasteiger partial charge in [0, 0.05) is 23.7 Å². The van der Waals surface area contributed by atoms with Gasteiger partial charge in [-0.3, -0.25) is 0 Å². The highest BCUT2D eigenvalue weighted by Crippen LogP contribution is 2.29. The van der Waals surface area contributed by atoms with Gasteiger partial charge in [0.15, 0.2) is 0 Å². The number of sulfonamides is 1. The lowest BCUT2D eigenvalue weighted by Gasteiger charge is -2.11. The van der Waals surface area contributed by atoms with Crippen molar-refractivity contribution in [1.82, 2.24) is 4.72 Å². The predicted molar refractivity (Wildman–Crippen MR) is 77.1 cm³/mol. The molecular formula is C12H12Cl2N2O3S. The van der Waals surface area contributed by atoms with E-state index in [2.05, 4.69) is 4.72 Å². The second kappa shape index (κ2) is 6.15. The lowest BCUT2D eigenvalue weighted by atomic mass is 10.2. The predicted octanol–water partition coefficient (Wildman–Crippen LogP) is 2.52. The number of hydrogen-bond donors (Lipinski definition) is 2. The minimum Gasteiger partial charge on any atom is -0.472 e. The zero-order chi connectivity index (χ0) is 14.8. The molecule has 0 aliphatic heterocycles. The molecule has 0 radical (unpaired) electrons. The minimum absolute atomic E-state index is 0.0802. The molecule has 1 aromatic carbocycles. The number of furan rings is 1. The van der Waals surface area contributed by atoms with Crippen molar-refractivity contribution in [1.29, 1.82) is 0 Å². The highest BCUT2D eigenvalue weighted by Gasteiger charge is 2.20. The van der Waals surface area contributed by atoms with Crippen LogP contribution >= 0.6 is 23.2 Å². The van der Waals surface area contributed by atoms with Crippen LogP contribution in [0.3, 0.4) is 0 Å². The van der Waals surface area contributed by atoms with E-state index in [1.807, 2.05) is 0 Å². The molecular weight excluding hydrogens is 323 g/mol. The topological polar surface area (TPSA) is 85.3 Å². The molecule has 2 aromatic rings. The Morgan fingerprint density at radius 3 is 2.65 bits per heavy atom. The molecule has 0 saturated heterocycles. The monoisotopic (exact) mass is 334 g/mol. The second-order valence-electron chi connectivity index (χ2n) is 4.04. The molecule has 3 N–H and O–H groups in total. The fraction of sp³-hybridized carbons (Fsp3) is 0.167. The molecule has 0 saturated carbocycles. The van der Waals surface area contributed by atoms with Gasteiger partial charge in [-0.1, -0.05) is 23.2 Å². The third-order valence-corrected chi connectivity index (χ3v) is 4.84. The quantitative estimate of drug-likeness (QED) is 0.879. The standard InChI is InChI=1S/C12H12Cl2N2O3S/c13-10-3-9(5-15)12(14)11(4-10)20(17,18)16-6-8-1-2-19-7-8/h1-4,7,16H,5-6,15H2. The Hall–Kier alpha value is -1.05. The van der Waals surface area contributed by atoms with E-state index in [4.69, 9.17) is 33.4 Å². The Labute approximate surface area is 126 Å². The molecule has 0 aliphatic rings. The summed E-state index contributed by atoms with van der Waals surface area (Å²) in [5.74, 6) is 0. The molecule has 20 heavy (non-hydrogen) atoms. The highest BCUT2D eigenvalue weighted by molar-refractivity contribution is 7.89. The van der Waals surface area contributed by atoms with Crippen molar-refractivity contribution in [2.24, 2.45) is 5.73 Å². The maximum Gasteiger partial charge on any atom is 0.242 e. The van der Waals surface area contributed by atoms with E-state index in [1.54, 1.807) is 12.1 Å². The number of nitrogens with two attached hydrogens (primary N) is 1. The fourth-order valence-corrected chi connectivity index (χ4v) is 3.57. The van der Waals surface area contributed by atoms with Crippen LogP contribution in [0.2, 0.25) is 10.0 Å². The van der Waals surface area contributed by atoms with Gasteiger partial charge in [-0.25, -0.2) is 13.1 Å². The summed E-state index contributed by atoms with van der Waals surface area (Å²) >= 11 is 11.9. The van der Waals surface area contributed by atoms with Gasteiger partial charge in [0.05, 0.1) is 17.5 Å². The van der Waals surface area contributed by atoms with E-state index in [9.17, 15) is 8.42 Å². The minimum atomic E-state index is -3.79. The van der Waals surface area contributed by atoms with Crippen LogP contribution in [-0.4, -0.2) is 8.42 Å². The van der Waals surface area contributed by atoms with Crippen LogP contribution in [0.15, 0.2) is 40.0 Å². The van der Waals surface area contributed by atoms with Gasteiger partial charge < -0.3 is 10.2 Å². The number of benzene rings is 1. The summed E-state index contributed by atoms with van der Waals surface area (Å²) in [6.45, 7) is 0.198. The third kappa shape index (κ3) is 3.34. The first-order valence-electron chi connectivity index (χ1n) is 5.63. The van der Waals surface area contributed by atoms with Crippen molar-refractivity contribution < 1.29 is 12.8 Å².